The second-order valence-electron chi connectivity index (χ2n) is 4.53. The number of rotatable bonds is 1. The van der Waals surface area contributed by atoms with E-state index in [1.54, 1.807) is 0 Å². The van der Waals surface area contributed by atoms with Crippen LogP contribution in [0.1, 0.15) is 11.3 Å². The molecule has 0 unspecified atom stereocenters. The van der Waals surface area contributed by atoms with Gasteiger partial charge < -0.3 is 5.73 Å². The minimum atomic E-state index is 0.616. The maximum atomic E-state index is 6.22. The zero-order valence-electron chi connectivity index (χ0n) is 10.7. The number of hydrogen-bond acceptors (Lipinski definition) is 3. The summed E-state index contributed by atoms with van der Waals surface area (Å²) in [4.78, 5) is 8.96. The molecule has 3 aromatic rings. The number of halogens is 1. The SMILES string of the molecule is Cc1ccc(-c2nc3ccc(Br)c(C)n3c2N)nc1. The molecule has 0 aromatic carbocycles. The maximum Gasteiger partial charge on any atom is 0.139 e. The fourth-order valence-electron chi connectivity index (χ4n) is 2.09. The van der Waals surface area contributed by atoms with Crippen LogP contribution in [0.4, 0.5) is 5.82 Å². The number of aromatic nitrogens is 3. The molecule has 5 heteroatoms. The second kappa shape index (κ2) is 4.35. The van der Waals surface area contributed by atoms with Gasteiger partial charge in [0.25, 0.3) is 0 Å². The van der Waals surface area contributed by atoms with E-state index in [-0.39, 0.29) is 0 Å². The molecule has 0 saturated heterocycles. The van der Waals surface area contributed by atoms with Crippen LogP contribution in [0.2, 0.25) is 0 Å². The summed E-state index contributed by atoms with van der Waals surface area (Å²) >= 11 is 3.51. The number of nitrogens with two attached hydrogens (primary N) is 1. The quantitative estimate of drug-likeness (QED) is 0.749. The van der Waals surface area contributed by atoms with E-state index in [0.29, 0.717) is 5.82 Å². The van der Waals surface area contributed by atoms with E-state index in [9.17, 15) is 0 Å². The van der Waals surface area contributed by atoms with Crippen molar-refractivity contribution in [3.8, 4) is 11.4 Å². The summed E-state index contributed by atoms with van der Waals surface area (Å²) in [5.41, 5.74) is 10.7. The number of pyridine rings is 2. The molecule has 0 radical (unpaired) electrons. The molecule has 2 N–H and O–H groups in total. The Hall–Kier alpha value is -1.88. The Morgan fingerprint density at radius 1 is 1.16 bits per heavy atom. The van der Waals surface area contributed by atoms with Gasteiger partial charge in [0.05, 0.1) is 5.69 Å². The van der Waals surface area contributed by atoms with Crippen molar-refractivity contribution in [3.63, 3.8) is 0 Å². The van der Waals surface area contributed by atoms with E-state index in [1.165, 1.54) is 0 Å². The van der Waals surface area contributed by atoms with E-state index < -0.39 is 0 Å². The van der Waals surface area contributed by atoms with Gasteiger partial charge in [-0.15, -0.1) is 0 Å². The highest BCUT2D eigenvalue weighted by Gasteiger charge is 2.14. The van der Waals surface area contributed by atoms with Gasteiger partial charge in [-0.05, 0) is 53.5 Å². The van der Waals surface area contributed by atoms with Crippen LogP contribution >= 0.6 is 15.9 Å². The van der Waals surface area contributed by atoms with E-state index in [2.05, 4.69) is 25.9 Å². The van der Waals surface area contributed by atoms with E-state index in [4.69, 9.17) is 5.73 Å². The maximum absolute atomic E-state index is 6.22. The van der Waals surface area contributed by atoms with Crippen molar-refractivity contribution in [1.29, 1.82) is 0 Å². The molecule has 0 fully saturated rings. The first-order chi connectivity index (χ1) is 9.08. The molecule has 19 heavy (non-hydrogen) atoms. The largest absolute Gasteiger partial charge is 0.383 e. The Labute approximate surface area is 119 Å². The average Bonchev–Trinajstić information content (AvgIpc) is 2.73. The molecule has 3 heterocycles. The lowest BCUT2D eigenvalue weighted by Crippen LogP contribution is -1.98. The first-order valence-electron chi connectivity index (χ1n) is 5.94. The van der Waals surface area contributed by atoms with Gasteiger partial charge in [-0.25, -0.2) is 4.98 Å². The zero-order valence-corrected chi connectivity index (χ0v) is 12.3. The van der Waals surface area contributed by atoms with Gasteiger partial charge in [0.15, 0.2) is 0 Å². The number of fused-ring (bicyclic) bond motifs is 1. The van der Waals surface area contributed by atoms with Crippen LogP contribution in [0, 0.1) is 13.8 Å². The highest BCUT2D eigenvalue weighted by atomic mass is 79.9. The number of imidazole rings is 1. The summed E-state index contributed by atoms with van der Waals surface area (Å²) < 4.78 is 2.94. The van der Waals surface area contributed by atoms with Crippen LogP contribution in [0.5, 0.6) is 0 Å². The van der Waals surface area contributed by atoms with Gasteiger partial charge in [0.2, 0.25) is 0 Å². The van der Waals surface area contributed by atoms with Crippen LogP contribution in [-0.2, 0) is 0 Å². The third kappa shape index (κ3) is 1.90. The highest BCUT2D eigenvalue weighted by molar-refractivity contribution is 9.10. The molecule has 0 atom stereocenters. The molecule has 0 amide bonds. The van der Waals surface area contributed by atoms with Gasteiger partial charge in [0, 0.05) is 16.4 Å². The summed E-state index contributed by atoms with van der Waals surface area (Å²) in [7, 11) is 0. The summed E-state index contributed by atoms with van der Waals surface area (Å²) in [6.07, 6.45) is 1.82. The predicted molar refractivity (Wildman–Crippen MR) is 80.0 cm³/mol. The molecular formula is C14H13BrN4. The van der Waals surface area contributed by atoms with Gasteiger partial charge in [-0.2, -0.15) is 0 Å². The fourth-order valence-corrected chi connectivity index (χ4v) is 2.40. The first-order valence-corrected chi connectivity index (χ1v) is 6.73. The lowest BCUT2D eigenvalue weighted by atomic mass is 10.2. The smallest absolute Gasteiger partial charge is 0.139 e. The second-order valence-corrected chi connectivity index (χ2v) is 5.38. The standard InChI is InChI=1S/C14H13BrN4/c1-8-3-5-11(17-7-8)13-14(16)19-9(2)10(15)4-6-12(19)18-13/h3-7H,16H2,1-2H3. The predicted octanol–water partition coefficient (Wildman–Crippen LogP) is 3.36. The Bertz CT molecular complexity index is 759. The molecule has 96 valence electrons. The number of nitrogen functional groups attached to an aromatic ring is 1. The van der Waals surface area contributed by atoms with Crippen LogP contribution in [-0.4, -0.2) is 14.4 Å². The topological polar surface area (TPSA) is 56.2 Å². The van der Waals surface area contributed by atoms with Crippen LogP contribution in [0.25, 0.3) is 17.0 Å². The average molecular weight is 317 g/mol. The number of anilines is 1. The van der Waals surface area contributed by atoms with Crippen molar-refractivity contribution in [2.24, 2.45) is 0 Å². The van der Waals surface area contributed by atoms with E-state index in [0.717, 1.165) is 32.8 Å². The van der Waals surface area contributed by atoms with Crippen LogP contribution in [0.15, 0.2) is 34.9 Å². The first kappa shape index (κ1) is 12.2. The molecule has 0 spiro atoms. The molecule has 0 saturated carbocycles. The Morgan fingerprint density at radius 2 is 1.95 bits per heavy atom. The molecule has 3 aromatic heterocycles. The lowest BCUT2D eigenvalue weighted by Gasteiger charge is -2.04. The monoisotopic (exact) mass is 316 g/mol. The molecule has 0 aliphatic carbocycles. The van der Waals surface area contributed by atoms with Gasteiger partial charge in [-0.1, -0.05) is 6.07 Å². The van der Waals surface area contributed by atoms with E-state index in [1.807, 2.05) is 48.7 Å². The number of aryl methyl sites for hydroxylation is 2. The summed E-state index contributed by atoms with van der Waals surface area (Å²) in [5, 5.41) is 0. The Balaban J connectivity index is 2.28. The summed E-state index contributed by atoms with van der Waals surface area (Å²) in [5.74, 6) is 0.616. The van der Waals surface area contributed by atoms with Crippen LogP contribution < -0.4 is 5.73 Å². The Kier molecular flexibility index (Phi) is 2.78. The van der Waals surface area contributed by atoms with Crippen molar-refractivity contribution in [3.05, 3.63) is 46.2 Å². The summed E-state index contributed by atoms with van der Waals surface area (Å²) in [6, 6.07) is 7.86. The number of hydrogen-bond donors (Lipinski definition) is 1. The third-order valence-corrected chi connectivity index (χ3v) is 3.99. The Morgan fingerprint density at radius 3 is 2.63 bits per heavy atom. The van der Waals surface area contributed by atoms with Crippen LogP contribution in [0.3, 0.4) is 0 Å². The van der Waals surface area contributed by atoms with Gasteiger partial charge in [-0.3, -0.25) is 9.38 Å². The van der Waals surface area contributed by atoms with E-state index >= 15 is 0 Å². The van der Waals surface area contributed by atoms with Gasteiger partial charge in [0.1, 0.15) is 17.2 Å². The zero-order chi connectivity index (χ0) is 13.6. The summed E-state index contributed by atoms with van der Waals surface area (Å²) in [6.45, 7) is 4.01. The normalized spacial score (nSPS) is 11.1. The minimum Gasteiger partial charge on any atom is -0.383 e. The molecular weight excluding hydrogens is 304 g/mol. The fraction of sp³-hybridized carbons (Fsp3) is 0.143. The minimum absolute atomic E-state index is 0.616. The van der Waals surface area contributed by atoms with Crippen molar-refractivity contribution in [2.75, 3.05) is 5.73 Å². The highest BCUT2D eigenvalue weighted by Crippen LogP contribution is 2.28. The molecule has 3 rings (SSSR count). The van der Waals surface area contributed by atoms with Gasteiger partial charge >= 0.3 is 0 Å². The molecule has 0 aliphatic rings. The number of nitrogens with zero attached hydrogens (tertiary/aromatic N) is 3. The van der Waals surface area contributed by atoms with Crippen molar-refractivity contribution in [1.82, 2.24) is 14.4 Å². The molecule has 0 aliphatic heterocycles. The van der Waals surface area contributed by atoms with Crippen molar-refractivity contribution >= 4 is 27.4 Å². The third-order valence-electron chi connectivity index (χ3n) is 3.15. The molecule has 0 bridgehead atoms. The molecule has 4 nitrogen and oxygen atoms in total. The van der Waals surface area contributed by atoms with Crippen molar-refractivity contribution in [2.45, 2.75) is 13.8 Å². The van der Waals surface area contributed by atoms with Crippen molar-refractivity contribution < 1.29 is 0 Å². The lowest BCUT2D eigenvalue weighted by molar-refractivity contribution is 1.09.